The number of aromatic nitrogens is 2. The summed E-state index contributed by atoms with van der Waals surface area (Å²) in [6, 6.07) is 8.33. The highest BCUT2D eigenvalue weighted by molar-refractivity contribution is 5.89. The molecule has 1 heterocycles. The predicted octanol–water partition coefficient (Wildman–Crippen LogP) is 1.65. The Hall–Kier alpha value is -2.61. The number of carboxylic acids is 1. The van der Waals surface area contributed by atoms with Crippen LogP contribution in [0.1, 0.15) is 16.1 Å². The Labute approximate surface area is 91.0 Å². The summed E-state index contributed by atoms with van der Waals surface area (Å²) >= 11 is 0. The van der Waals surface area contributed by atoms with Crippen molar-refractivity contribution in [2.45, 2.75) is 0 Å². The number of H-pyrrole nitrogens is 1. The minimum Gasteiger partial charge on any atom is -0.478 e. The Kier molecular flexibility index (Phi) is 2.40. The topological polar surface area (TPSA) is 89.8 Å². The first kappa shape index (κ1) is 9.93. The van der Waals surface area contributed by atoms with E-state index in [2.05, 4.69) is 10.2 Å². The molecule has 2 N–H and O–H groups in total. The minimum atomic E-state index is -0.996. The van der Waals surface area contributed by atoms with E-state index < -0.39 is 5.97 Å². The number of rotatable bonds is 2. The van der Waals surface area contributed by atoms with Crippen LogP contribution in [0.5, 0.6) is 0 Å². The molecule has 78 valence electrons. The maximum atomic E-state index is 10.8. The summed E-state index contributed by atoms with van der Waals surface area (Å²) in [5.41, 5.74) is 1.76. The van der Waals surface area contributed by atoms with Crippen molar-refractivity contribution < 1.29 is 9.90 Å². The zero-order valence-corrected chi connectivity index (χ0v) is 8.14. The zero-order chi connectivity index (χ0) is 11.5. The van der Waals surface area contributed by atoms with Gasteiger partial charge in [0.05, 0.1) is 11.8 Å². The molecular weight excluding hydrogens is 206 g/mol. The van der Waals surface area contributed by atoms with Gasteiger partial charge in [0.1, 0.15) is 11.8 Å². The van der Waals surface area contributed by atoms with E-state index in [0.29, 0.717) is 16.8 Å². The van der Waals surface area contributed by atoms with Crippen LogP contribution in [0, 0.1) is 11.3 Å². The Morgan fingerprint density at radius 2 is 2.31 bits per heavy atom. The zero-order valence-electron chi connectivity index (χ0n) is 8.14. The van der Waals surface area contributed by atoms with Gasteiger partial charge in [0.25, 0.3) is 0 Å². The first-order valence-electron chi connectivity index (χ1n) is 4.49. The molecule has 2 aromatic rings. The van der Waals surface area contributed by atoms with Gasteiger partial charge in [0, 0.05) is 5.56 Å². The first-order chi connectivity index (χ1) is 7.72. The number of aromatic carboxylic acids is 1. The SMILES string of the molecule is N#Cc1[nH]ncc1-c1cccc(C(=O)O)c1. The smallest absolute Gasteiger partial charge is 0.335 e. The fourth-order valence-electron chi connectivity index (χ4n) is 1.41. The molecule has 16 heavy (non-hydrogen) atoms. The molecular formula is C11H7N3O2. The molecule has 0 saturated heterocycles. The maximum Gasteiger partial charge on any atom is 0.335 e. The van der Waals surface area contributed by atoms with Crippen molar-refractivity contribution in [3.63, 3.8) is 0 Å². The van der Waals surface area contributed by atoms with Crippen LogP contribution in [-0.2, 0) is 0 Å². The Balaban J connectivity index is 2.53. The highest BCUT2D eigenvalue weighted by Crippen LogP contribution is 2.22. The molecule has 0 aliphatic heterocycles. The van der Waals surface area contributed by atoms with Crippen molar-refractivity contribution in [2.24, 2.45) is 0 Å². The third-order valence-corrected chi connectivity index (χ3v) is 2.17. The van der Waals surface area contributed by atoms with Gasteiger partial charge in [0.2, 0.25) is 0 Å². The molecule has 0 aliphatic rings. The van der Waals surface area contributed by atoms with E-state index in [1.54, 1.807) is 12.1 Å². The third kappa shape index (κ3) is 1.64. The largest absolute Gasteiger partial charge is 0.478 e. The number of nitriles is 1. The van der Waals surface area contributed by atoms with Gasteiger partial charge in [-0.25, -0.2) is 4.79 Å². The van der Waals surface area contributed by atoms with E-state index >= 15 is 0 Å². The van der Waals surface area contributed by atoms with E-state index in [0.717, 1.165) is 0 Å². The number of nitrogens with zero attached hydrogens (tertiary/aromatic N) is 2. The lowest BCUT2D eigenvalue weighted by atomic mass is 10.0. The van der Waals surface area contributed by atoms with E-state index in [1.165, 1.54) is 18.3 Å². The quantitative estimate of drug-likeness (QED) is 0.793. The summed E-state index contributed by atoms with van der Waals surface area (Å²) in [5.74, 6) is -0.996. The molecule has 0 aliphatic carbocycles. The number of hydrogen-bond donors (Lipinski definition) is 2. The van der Waals surface area contributed by atoms with Crippen molar-refractivity contribution in [1.29, 1.82) is 5.26 Å². The van der Waals surface area contributed by atoms with Crippen LogP contribution in [0.3, 0.4) is 0 Å². The van der Waals surface area contributed by atoms with E-state index in [1.807, 2.05) is 6.07 Å². The number of nitrogens with one attached hydrogen (secondary N) is 1. The summed E-state index contributed by atoms with van der Waals surface area (Å²) in [5, 5.41) is 23.9. The molecule has 0 fully saturated rings. The summed E-state index contributed by atoms with van der Waals surface area (Å²) in [6.07, 6.45) is 1.50. The standard InChI is InChI=1S/C11H7N3O2/c12-5-10-9(6-13-14-10)7-2-1-3-8(4-7)11(15)16/h1-4,6H,(H,13,14)(H,15,16). The second-order valence-corrected chi connectivity index (χ2v) is 3.16. The van der Waals surface area contributed by atoms with Crippen LogP contribution in [0.15, 0.2) is 30.5 Å². The van der Waals surface area contributed by atoms with Gasteiger partial charge >= 0.3 is 5.97 Å². The van der Waals surface area contributed by atoms with E-state index in [4.69, 9.17) is 10.4 Å². The average molecular weight is 213 g/mol. The second kappa shape index (κ2) is 3.87. The van der Waals surface area contributed by atoms with Gasteiger partial charge in [-0.1, -0.05) is 12.1 Å². The number of hydrogen-bond acceptors (Lipinski definition) is 3. The summed E-state index contributed by atoms with van der Waals surface area (Å²) in [4.78, 5) is 10.8. The van der Waals surface area contributed by atoms with Gasteiger partial charge in [0.15, 0.2) is 0 Å². The molecule has 0 radical (unpaired) electrons. The second-order valence-electron chi connectivity index (χ2n) is 3.16. The van der Waals surface area contributed by atoms with Gasteiger partial charge < -0.3 is 5.11 Å². The third-order valence-electron chi connectivity index (χ3n) is 2.17. The highest BCUT2D eigenvalue weighted by Gasteiger charge is 2.09. The van der Waals surface area contributed by atoms with Gasteiger partial charge in [-0.2, -0.15) is 10.4 Å². The fourth-order valence-corrected chi connectivity index (χ4v) is 1.41. The molecule has 0 spiro atoms. The van der Waals surface area contributed by atoms with Crippen molar-refractivity contribution in [3.05, 3.63) is 41.7 Å². The number of aromatic amines is 1. The first-order valence-corrected chi connectivity index (χ1v) is 4.49. The van der Waals surface area contributed by atoms with Crippen molar-refractivity contribution >= 4 is 5.97 Å². The van der Waals surface area contributed by atoms with Crippen LogP contribution in [0.4, 0.5) is 0 Å². The van der Waals surface area contributed by atoms with Crippen LogP contribution in [0.2, 0.25) is 0 Å². The van der Waals surface area contributed by atoms with Crippen molar-refractivity contribution in [2.75, 3.05) is 0 Å². The summed E-state index contributed by atoms with van der Waals surface area (Å²) in [7, 11) is 0. The molecule has 0 amide bonds. The molecule has 1 aromatic carbocycles. The highest BCUT2D eigenvalue weighted by atomic mass is 16.4. The van der Waals surface area contributed by atoms with E-state index in [-0.39, 0.29) is 5.56 Å². The van der Waals surface area contributed by atoms with Crippen molar-refractivity contribution in [1.82, 2.24) is 10.2 Å². The average Bonchev–Trinajstić information content (AvgIpc) is 2.77. The summed E-state index contributed by atoms with van der Waals surface area (Å²) in [6.45, 7) is 0. The predicted molar refractivity (Wildman–Crippen MR) is 55.7 cm³/mol. The summed E-state index contributed by atoms with van der Waals surface area (Å²) < 4.78 is 0. The Bertz CT molecular complexity index is 581. The lowest BCUT2D eigenvalue weighted by Crippen LogP contribution is -1.95. The molecule has 2 rings (SSSR count). The molecule has 1 aromatic heterocycles. The Morgan fingerprint density at radius 1 is 1.50 bits per heavy atom. The lowest BCUT2D eigenvalue weighted by Gasteiger charge is -1.99. The van der Waals surface area contributed by atoms with Crippen LogP contribution >= 0.6 is 0 Å². The van der Waals surface area contributed by atoms with E-state index in [9.17, 15) is 4.79 Å². The molecule has 0 atom stereocenters. The Morgan fingerprint density at radius 3 is 3.00 bits per heavy atom. The molecule has 5 heteroatoms. The molecule has 5 nitrogen and oxygen atoms in total. The fraction of sp³-hybridized carbons (Fsp3) is 0. The maximum absolute atomic E-state index is 10.8. The minimum absolute atomic E-state index is 0.183. The van der Waals surface area contributed by atoms with Crippen molar-refractivity contribution in [3.8, 4) is 17.2 Å². The number of carboxylic acid groups (broad SMARTS) is 1. The number of benzene rings is 1. The van der Waals surface area contributed by atoms with Crippen LogP contribution < -0.4 is 0 Å². The molecule has 0 bridgehead atoms. The van der Waals surface area contributed by atoms with Crippen LogP contribution in [0.25, 0.3) is 11.1 Å². The van der Waals surface area contributed by atoms with Gasteiger partial charge in [-0.15, -0.1) is 0 Å². The van der Waals surface area contributed by atoms with Crippen LogP contribution in [-0.4, -0.2) is 21.3 Å². The normalized spacial score (nSPS) is 9.69. The van der Waals surface area contributed by atoms with Gasteiger partial charge in [-0.3, -0.25) is 5.10 Å². The number of carbonyl (C=O) groups is 1. The lowest BCUT2D eigenvalue weighted by molar-refractivity contribution is 0.0697. The van der Waals surface area contributed by atoms with Gasteiger partial charge in [-0.05, 0) is 17.7 Å². The molecule has 0 unspecified atom stereocenters. The monoisotopic (exact) mass is 213 g/mol. The molecule has 0 saturated carbocycles.